The van der Waals surface area contributed by atoms with Crippen LogP contribution in [0.2, 0.25) is 0 Å². The zero-order chi connectivity index (χ0) is 20.0. The van der Waals surface area contributed by atoms with Crippen molar-refractivity contribution in [3.63, 3.8) is 0 Å². The molecular weight excluding hydrogens is 346 g/mol. The van der Waals surface area contributed by atoms with Gasteiger partial charge in [0.25, 0.3) is 0 Å². The number of rotatable bonds is 6. The summed E-state index contributed by atoms with van der Waals surface area (Å²) in [4.78, 5) is 12.6. The summed E-state index contributed by atoms with van der Waals surface area (Å²) in [6.45, 7) is 8.87. The first-order chi connectivity index (χ1) is 13.3. The van der Waals surface area contributed by atoms with Gasteiger partial charge in [0.1, 0.15) is 5.78 Å². The zero-order valence-electron chi connectivity index (χ0n) is 18.6. The topological polar surface area (TPSA) is 49.3 Å². The minimum atomic E-state index is -0.504. The molecule has 0 aromatic rings. The number of hydrogen-bond acceptors (Lipinski definition) is 3. The van der Waals surface area contributed by atoms with Gasteiger partial charge in [-0.3, -0.25) is 4.79 Å². The van der Waals surface area contributed by atoms with E-state index in [-0.39, 0.29) is 5.41 Å². The molecule has 0 bridgehead atoms. The number of carbonyl (C=O) groups is 1. The Morgan fingerprint density at radius 2 is 1.86 bits per heavy atom. The minimum Gasteiger partial charge on any atom is -0.389 e. The summed E-state index contributed by atoms with van der Waals surface area (Å²) in [6, 6.07) is 0. The number of ketones is 1. The van der Waals surface area contributed by atoms with Gasteiger partial charge in [0.15, 0.2) is 0 Å². The SMILES string of the molecule is CCCCCNC[C@@]1(O)CC[C@@]2(C)[C@@H](CC[C@@H]3[C@@H]2CC[C@]2(C)C(=O)CC[C@@H]32)C1. The van der Waals surface area contributed by atoms with Crippen molar-refractivity contribution in [2.75, 3.05) is 13.1 Å². The van der Waals surface area contributed by atoms with Crippen LogP contribution in [-0.4, -0.2) is 29.6 Å². The first-order valence-corrected chi connectivity index (χ1v) is 12.3. The second-order valence-corrected chi connectivity index (χ2v) is 11.4. The normalized spacial score (nSPS) is 48.1. The Balaban J connectivity index is 1.41. The maximum Gasteiger partial charge on any atom is 0.139 e. The molecule has 0 aromatic heterocycles. The molecule has 4 aliphatic carbocycles. The fourth-order valence-corrected chi connectivity index (χ4v) is 8.08. The van der Waals surface area contributed by atoms with E-state index in [0.29, 0.717) is 23.0 Å². The van der Waals surface area contributed by atoms with E-state index in [4.69, 9.17) is 0 Å². The molecule has 3 nitrogen and oxygen atoms in total. The van der Waals surface area contributed by atoms with Crippen molar-refractivity contribution in [1.29, 1.82) is 0 Å². The maximum atomic E-state index is 12.6. The summed E-state index contributed by atoms with van der Waals surface area (Å²) in [6.07, 6.45) is 13.7. The molecule has 28 heavy (non-hydrogen) atoms. The molecule has 7 atom stereocenters. The summed E-state index contributed by atoms with van der Waals surface area (Å²) in [5.41, 5.74) is -0.137. The highest BCUT2D eigenvalue weighted by molar-refractivity contribution is 5.87. The Kier molecular flexibility index (Phi) is 5.72. The largest absolute Gasteiger partial charge is 0.389 e. The lowest BCUT2D eigenvalue weighted by Gasteiger charge is -2.61. The van der Waals surface area contributed by atoms with E-state index >= 15 is 0 Å². The predicted molar refractivity (Wildman–Crippen MR) is 114 cm³/mol. The van der Waals surface area contributed by atoms with E-state index in [0.717, 1.165) is 57.0 Å². The fraction of sp³-hybridized carbons (Fsp3) is 0.960. The molecule has 0 heterocycles. The molecule has 2 N–H and O–H groups in total. The molecule has 4 fully saturated rings. The van der Waals surface area contributed by atoms with E-state index in [1.54, 1.807) is 0 Å². The monoisotopic (exact) mass is 389 g/mol. The van der Waals surface area contributed by atoms with E-state index in [1.807, 2.05) is 0 Å². The highest BCUT2D eigenvalue weighted by Crippen LogP contribution is 2.66. The van der Waals surface area contributed by atoms with Crippen LogP contribution in [0.3, 0.4) is 0 Å². The highest BCUT2D eigenvalue weighted by atomic mass is 16.3. The van der Waals surface area contributed by atoms with E-state index in [9.17, 15) is 9.90 Å². The Bertz CT molecular complexity index is 591. The lowest BCUT2D eigenvalue weighted by Crippen LogP contribution is -2.57. The summed E-state index contributed by atoms with van der Waals surface area (Å²) < 4.78 is 0. The summed E-state index contributed by atoms with van der Waals surface area (Å²) in [5.74, 6) is 3.38. The summed E-state index contributed by atoms with van der Waals surface area (Å²) in [5, 5.41) is 14.8. The van der Waals surface area contributed by atoms with Crippen molar-refractivity contribution >= 4 is 5.78 Å². The average molecular weight is 390 g/mol. The molecule has 4 rings (SSSR count). The van der Waals surface area contributed by atoms with Gasteiger partial charge in [-0.25, -0.2) is 0 Å². The van der Waals surface area contributed by atoms with Gasteiger partial charge in [0.2, 0.25) is 0 Å². The van der Waals surface area contributed by atoms with Gasteiger partial charge < -0.3 is 10.4 Å². The Labute approximate surface area is 172 Å². The summed E-state index contributed by atoms with van der Waals surface area (Å²) in [7, 11) is 0. The quantitative estimate of drug-likeness (QED) is 0.621. The molecule has 160 valence electrons. The second kappa shape index (κ2) is 7.69. The minimum absolute atomic E-state index is 0.0117. The molecule has 0 aromatic carbocycles. The number of Topliss-reactive ketones (excluding diaryl/α,β-unsaturated/α-hetero) is 1. The van der Waals surface area contributed by atoms with Crippen molar-refractivity contribution < 1.29 is 9.90 Å². The molecule has 0 aliphatic heterocycles. The lowest BCUT2D eigenvalue weighted by molar-refractivity contribution is -0.153. The first-order valence-electron chi connectivity index (χ1n) is 12.3. The van der Waals surface area contributed by atoms with Crippen LogP contribution in [0.25, 0.3) is 0 Å². The third-order valence-electron chi connectivity index (χ3n) is 9.94. The molecular formula is C25H43NO2. The van der Waals surface area contributed by atoms with Crippen molar-refractivity contribution in [2.24, 2.45) is 34.5 Å². The number of aliphatic hydroxyl groups is 1. The molecule has 0 unspecified atom stereocenters. The van der Waals surface area contributed by atoms with Gasteiger partial charge in [-0.05, 0) is 93.4 Å². The molecule has 0 radical (unpaired) electrons. The van der Waals surface area contributed by atoms with E-state index in [2.05, 4.69) is 26.1 Å². The van der Waals surface area contributed by atoms with Crippen LogP contribution in [0.1, 0.15) is 97.8 Å². The van der Waals surface area contributed by atoms with Gasteiger partial charge in [-0.15, -0.1) is 0 Å². The Hall–Kier alpha value is -0.410. The number of unbranched alkanes of at least 4 members (excludes halogenated alkanes) is 2. The number of hydrogen-bond donors (Lipinski definition) is 2. The van der Waals surface area contributed by atoms with Crippen LogP contribution in [0, 0.1) is 34.5 Å². The van der Waals surface area contributed by atoms with Gasteiger partial charge in [-0.2, -0.15) is 0 Å². The Morgan fingerprint density at radius 3 is 2.64 bits per heavy atom. The molecule has 0 amide bonds. The number of nitrogens with one attached hydrogen (secondary N) is 1. The van der Waals surface area contributed by atoms with Gasteiger partial charge in [-0.1, -0.05) is 33.6 Å². The van der Waals surface area contributed by atoms with Crippen molar-refractivity contribution in [1.82, 2.24) is 5.32 Å². The standard InChI is InChI=1S/C25H43NO2/c1-4-5-6-15-26-17-25(28)14-13-23(2)18(16-25)7-8-19-20-9-10-22(27)24(20,3)12-11-21(19)23/h18-21,26,28H,4-17H2,1-3H3/t18-,19-,20-,21-,23-,24-,25+/m0/s1. The average Bonchev–Trinajstić information content (AvgIpc) is 2.97. The molecule has 3 heteroatoms. The molecule has 0 saturated heterocycles. The van der Waals surface area contributed by atoms with Crippen LogP contribution in [0.5, 0.6) is 0 Å². The predicted octanol–water partition coefficient (Wildman–Crippen LogP) is 5.11. The fourth-order valence-electron chi connectivity index (χ4n) is 8.08. The van der Waals surface area contributed by atoms with Gasteiger partial charge in [0, 0.05) is 18.4 Å². The smallest absolute Gasteiger partial charge is 0.139 e. The van der Waals surface area contributed by atoms with Crippen molar-refractivity contribution in [3.8, 4) is 0 Å². The molecule has 0 spiro atoms. The number of carbonyl (C=O) groups excluding carboxylic acids is 1. The third kappa shape index (κ3) is 3.39. The maximum absolute atomic E-state index is 12.6. The number of fused-ring (bicyclic) bond motifs is 5. The van der Waals surface area contributed by atoms with Crippen molar-refractivity contribution in [2.45, 2.75) is 103 Å². The van der Waals surface area contributed by atoms with Gasteiger partial charge >= 0.3 is 0 Å². The van der Waals surface area contributed by atoms with Crippen LogP contribution in [0.15, 0.2) is 0 Å². The highest BCUT2D eigenvalue weighted by Gasteiger charge is 2.61. The lowest BCUT2D eigenvalue weighted by atomic mass is 9.44. The van der Waals surface area contributed by atoms with Gasteiger partial charge in [0.05, 0.1) is 5.60 Å². The second-order valence-electron chi connectivity index (χ2n) is 11.4. The van der Waals surface area contributed by atoms with E-state index in [1.165, 1.54) is 44.9 Å². The van der Waals surface area contributed by atoms with Crippen LogP contribution >= 0.6 is 0 Å². The molecule has 4 saturated carbocycles. The van der Waals surface area contributed by atoms with E-state index < -0.39 is 5.60 Å². The van der Waals surface area contributed by atoms with Crippen LogP contribution in [0.4, 0.5) is 0 Å². The first kappa shape index (κ1) is 20.8. The van der Waals surface area contributed by atoms with Crippen molar-refractivity contribution in [3.05, 3.63) is 0 Å². The summed E-state index contributed by atoms with van der Waals surface area (Å²) >= 11 is 0. The molecule has 4 aliphatic rings. The third-order valence-corrected chi connectivity index (χ3v) is 9.94. The zero-order valence-corrected chi connectivity index (χ0v) is 18.6. The van der Waals surface area contributed by atoms with Crippen LogP contribution < -0.4 is 5.32 Å². The Morgan fingerprint density at radius 1 is 1.04 bits per heavy atom. The van der Waals surface area contributed by atoms with Crippen LogP contribution in [-0.2, 0) is 4.79 Å².